The van der Waals surface area contributed by atoms with Gasteiger partial charge in [-0.3, -0.25) is 14.6 Å². The number of hydrogen-bond acceptors (Lipinski definition) is 4. The van der Waals surface area contributed by atoms with Gasteiger partial charge in [-0.25, -0.2) is 0 Å². The molecule has 1 unspecified atom stereocenters. The zero-order valence-electron chi connectivity index (χ0n) is 16.2. The van der Waals surface area contributed by atoms with Gasteiger partial charge in [0.1, 0.15) is 5.69 Å². The molecule has 1 saturated carbocycles. The Hall–Kier alpha value is -2.12. The summed E-state index contributed by atoms with van der Waals surface area (Å²) in [6.07, 6.45) is 2.32. The number of cyclic esters (lactones) is 1. The lowest BCUT2D eigenvalue weighted by molar-refractivity contribution is -0.143. The lowest BCUT2D eigenvalue weighted by atomic mass is 9.77. The standard InChI is InChI=1S/C21H25F3N2O3/c22-21(23,24)17-3-1-15(10-25-17)7-14-5-6-20(9-14)12-26(13-20)18(27)4-2-16-8-19(28)29-11-16/h1,3,10,14,16H,2,4-9,11-13H2/t14?,16-/m0/s1. The molecule has 3 fully saturated rings. The highest BCUT2D eigenvalue weighted by Gasteiger charge is 2.49. The fourth-order valence-electron chi connectivity index (χ4n) is 5.01. The van der Waals surface area contributed by atoms with Gasteiger partial charge in [-0.15, -0.1) is 0 Å². The van der Waals surface area contributed by atoms with Gasteiger partial charge in [0.15, 0.2) is 0 Å². The monoisotopic (exact) mass is 410 g/mol. The molecule has 1 aromatic heterocycles. The maximum absolute atomic E-state index is 12.6. The van der Waals surface area contributed by atoms with Gasteiger partial charge in [0.05, 0.1) is 13.0 Å². The van der Waals surface area contributed by atoms with E-state index in [1.807, 2.05) is 4.90 Å². The van der Waals surface area contributed by atoms with E-state index in [2.05, 4.69) is 4.98 Å². The summed E-state index contributed by atoms with van der Waals surface area (Å²) in [6, 6.07) is 2.57. The Kier molecular flexibility index (Phi) is 5.29. The molecular weight excluding hydrogens is 385 g/mol. The van der Waals surface area contributed by atoms with Crippen molar-refractivity contribution < 1.29 is 27.5 Å². The Morgan fingerprint density at radius 1 is 1.28 bits per heavy atom. The Morgan fingerprint density at radius 2 is 2.07 bits per heavy atom. The number of alkyl halides is 3. The molecule has 4 rings (SSSR count). The fourth-order valence-corrected chi connectivity index (χ4v) is 5.01. The normalized spacial score (nSPS) is 25.9. The van der Waals surface area contributed by atoms with Gasteiger partial charge in [0, 0.05) is 37.0 Å². The van der Waals surface area contributed by atoms with E-state index in [4.69, 9.17) is 4.74 Å². The summed E-state index contributed by atoms with van der Waals surface area (Å²) in [5.74, 6) is 0.554. The molecule has 2 aliphatic heterocycles. The number of rotatable bonds is 5. The zero-order valence-corrected chi connectivity index (χ0v) is 16.2. The van der Waals surface area contributed by atoms with Gasteiger partial charge in [-0.2, -0.15) is 13.2 Å². The number of nitrogens with zero attached hydrogens (tertiary/aromatic N) is 2. The van der Waals surface area contributed by atoms with E-state index in [9.17, 15) is 22.8 Å². The molecule has 0 bridgehead atoms. The van der Waals surface area contributed by atoms with E-state index in [1.54, 1.807) is 0 Å². The molecule has 0 radical (unpaired) electrons. The van der Waals surface area contributed by atoms with E-state index < -0.39 is 11.9 Å². The van der Waals surface area contributed by atoms with Crippen LogP contribution in [0.2, 0.25) is 0 Å². The van der Waals surface area contributed by atoms with Gasteiger partial charge in [-0.1, -0.05) is 6.07 Å². The topological polar surface area (TPSA) is 59.5 Å². The van der Waals surface area contributed by atoms with Crippen molar-refractivity contribution in [3.63, 3.8) is 0 Å². The number of carbonyl (C=O) groups is 2. The van der Waals surface area contributed by atoms with E-state index >= 15 is 0 Å². The number of amides is 1. The van der Waals surface area contributed by atoms with Crippen LogP contribution in [0.25, 0.3) is 0 Å². The third-order valence-electron chi connectivity index (χ3n) is 6.55. The number of esters is 1. The third kappa shape index (κ3) is 4.56. The number of halogens is 3. The number of aromatic nitrogens is 1. The lowest BCUT2D eigenvalue weighted by Crippen LogP contribution is -2.57. The van der Waals surface area contributed by atoms with Crippen LogP contribution in [0.1, 0.15) is 49.8 Å². The second kappa shape index (κ2) is 7.61. The number of pyridine rings is 1. The number of likely N-dealkylation sites (tertiary alicyclic amines) is 1. The van der Waals surface area contributed by atoms with Crippen LogP contribution in [-0.2, 0) is 26.9 Å². The van der Waals surface area contributed by atoms with E-state index in [0.717, 1.165) is 50.4 Å². The maximum atomic E-state index is 12.6. The number of hydrogen-bond donors (Lipinski definition) is 0. The Balaban J connectivity index is 1.21. The molecule has 1 aliphatic carbocycles. The molecule has 2 saturated heterocycles. The van der Waals surface area contributed by atoms with Crippen LogP contribution in [0.15, 0.2) is 18.3 Å². The molecule has 2 atom stereocenters. The molecule has 3 aliphatic rings. The molecular formula is C21H25F3N2O3. The molecule has 0 N–H and O–H groups in total. The van der Waals surface area contributed by atoms with Gasteiger partial charge >= 0.3 is 12.1 Å². The molecule has 8 heteroatoms. The highest BCUT2D eigenvalue weighted by Crippen LogP contribution is 2.49. The zero-order chi connectivity index (χ0) is 20.6. The highest BCUT2D eigenvalue weighted by molar-refractivity contribution is 5.77. The first-order valence-electron chi connectivity index (χ1n) is 10.2. The van der Waals surface area contributed by atoms with E-state index in [1.165, 1.54) is 12.3 Å². The lowest BCUT2D eigenvalue weighted by Gasteiger charge is -2.48. The minimum absolute atomic E-state index is 0.144. The predicted molar refractivity (Wildman–Crippen MR) is 97.6 cm³/mol. The van der Waals surface area contributed by atoms with Crippen molar-refractivity contribution in [2.24, 2.45) is 17.3 Å². The third-order valence-corrected chi connectivity index (χ3v) is 6.55. The van der Waals surface area contributed by atoms with Gasteiger partial charge in [0.25, 0.3) is 0 Å². The summed E-state index contributed by atoms with van der Waals surface area (Å²) < 4.78 is 42.8. The Bertz CT molecular complexity index is 772. The predicted octanol–water partition coefficient (Wildman–Crippen LogP) is 3.61. The first kappa shape index (κ1) is 20.2. The van der Waals surface area contributed by atoms with Crippen molar-refractivity contribution in [1.29, 1.82) is 0 Å². The minimum atomic E-state index is -4.40. The minimum Gasteiger partial charge on any atom is -0.465 e. The van der Waals surface area contributed by atoms with Gasteiger partial charge in [-0.05, 0) is 49.7 Å². The largest absolute Gasteiger partial charge is 0.465 e. The summed E-state index contributed by atoms with van der Waals surface area (Å²) >= 11 is 0. The van der Waals surface area contributed by atoms with E-state index in [0.29, 0.717) is 31.8 Å². The van der Waals surface area contributed by atoms with Crippen LogP contribution in [0.3, 0.4) is 0 Å². The first-order valence-corrected chi connectivity index (χ1v) is 10.2. The van der Waals surface area contributed by atoms with Crippen LogP contribution < -0.4 is 0 Å². The first-order chi connectivity index (χ1) is 13.7. The fraction of sp³-hybridized carbons (Fsp3) is 0.667. The molecule has 158 valence electrons. The molecule has 5 nitrogen and oxygen atoms in total. The average molecular weight is 410 g/mol. The smallest absolute Gasteiger partial charge is 0.433 e. The Morgan fingerprint density at radius 3 is 2.69 bits per heavy atom. The summed E-state index contributed by atoms with van der Waals surface area (Å²) in [6.45, 7) is 1.97. The SMILES string of the molecule is O=C1C[C@H](CCC(=O)N2CC3(CCC(Cc4ccc(C(F)(F)F)nc4)C3)C2)CO1. The molecule has 3 heterocycles. The van der Waals surface area contributed by atoms with Crippen molar-refractivity contribution in [3.8, 4) is 0 Å². The van der Waals surface area contributed by atoms with Gasteiger partial charge < -0.3 is 9.64 Å². The van der Waals surface area contributed by atoms with Crippen molar-refractivity contribution in [1.82, 2.24) is 9.88 Å². The van der Waals surface area contributed by atoms with Crippen molar-refractivity contribution in [2.45, 2.75) is 51.1 Å². The van der Waals surface area contributed by atoms with Gasteiger partial charge in [0.2, 0.25) is 5.91 Å². The summed E-state index contributed by atoms with van der Waals surface area (Å²) in [5.41, 5.74) is 0.151. The molecule has 29 heavy (non-hydrogen) atoms. The Labute approximate surface area is 167 Å². The second-order valence-corrected chi connectivity index (χ2v) is 8.90. The average Bonchev–Trinajstić information content (AvgIpc) is 3.24. The van der Waals surface area contributed by atoms with Crippen LogP contribution >= 0.6 is 0 Å². The van der Waals surface area contributed by atoms with Crippen molar-refractivity contribution >= 4 is 11.9 Å². The van der Waals surface area contributed by atoms with Crippen LogP contribution in [0.4, 0.5) is 13.2 Å². The molecule has 1 spiro atoms. The van der Waals surface area contributed by atoms with Crippen LogP contribution in [0, 0.1) is 17.3 Å². The van der Waals surface area contributed by atoms with E-state index in [-0.39, 0.29) is 23.2 Å². The van der Waals surface area contributed by atoms with Crippen LogP contribution in [0.5, 0.6) is 0 Å². The summed E-state index contributed by atoms with van der Waals surface area (Å²) in [5, 5.41) is 0. The number of ether oxygens (including phenoxy) is 1. The maximum Gasteiger partial charge on any atom is 0.433 e. The van der Waals surface area contributed by atoms with Crippen LogP contribution in [-0.4, -0.2) is 41.5 Å². The molecule has 1 amide bonds. The quantitative estimate of drug-likeness (QED) is 0.696. The highest BCUT2D eigenvalue weighted by atomic mass is 19.4. The molecule has 1 aromatic rings. The van der Waals surface area contributed by atoms with Crippen molar-refractivity contribution in [2.75, 3.05) is 19.7 Å². The second-order valence-electron chi connectivity index (χ2n) is 8.90. The summed E-state index contributed by atoms with van der Waals surface area (Å²) in [4.78, 5) is 29.0. The van der Waals surface area contributed by atoms with Crippen molar-refractivity contribution in [3.05, 3.63) is 29.6 Å². The summed E-state index contributed by atoms with van der Waals surface area (Å²) in [7, 11) is 0. The number of carbonyl (C=O) groups excluding carboxylic acids is 2. The molecule has 0 aromatic carbocycles.